The summed E-state index contributed by atoms with van der Waals surface area (Å²) in [5.41, 5.74) is 6.02. The molecule has 0 aliphatic rings. The molecule has 2 aromatic rings. The number of allylic oxidation sites excluding steroid dienone is 1. The molecular formula is C20H24FNS. The standard InChI is InChI=1S/C20H24FNS/c1-4-15(2)14-23-20-10-7-18(13-16(20)3)17-5-8-19(9-6-17)22-12-11-21/h5-10,13-14,22H,4,11-12H2,1-3H3. The Kier molecular flexibility index (Phi) is 6.72. The second-order valence-corrected chi connectivity index (χ2v) is 6.52. The molecular weight excluding hydrogens is 305 g/mol. The van der Waals surface area contributed by atoms with E-state index in [4.69, 9.17) is 0 Å². The molecule has 0 heterocycles. The van der Waals surface area contributed by atoms with Crippen LogP contribution in [-0.2, 0) is 0 Å². The Labute approximate surface area is 143 Å². The predicted octanol–water partition coefficient (Wildman–Crippen LogP) is 6.45. The van der Waals surface area contributed by atoms with Gasteiger partial charge in [0.2, 0.25) is 0 Å². The van der Waals surface area contributed by atoms with Gasteiger partial charge in [-0.2, -0.15) is 0 Å². The Hall–Kier alpha value is -1.74. The molecule has 0 unspecified atom stereocenters. The zero-order chi connectivity index (χ0) is 16.7. The fraction of sp³-hybridized carbons (Fsp3) is 0.300. The lowest BCUT2D eigenvalue weighted by atomic mass is 10.0. The molecule has 0 fully saturated rings. The van der Waals surface area contributed by atoms with Crippen LogP contribution in [0.5, 0.6) is 0 Å². The van der Waals surface area contributed by atoms with Crippen LogP contribution in [0.3, 0.4) is 0 Å². The second-order valence-electron chi connectivity index (χ2n) is 5.61. The first kappa shape index (κ1) is 17.6. The summed E-state index contributed by atoms with van der Waals surface area (Å²) in [6.45, 7) is 6.49. The molecule has 122 valence electrons. The first-order valence-corrected chi connectivity index (χ1v) is 8.85. The van der Waals surface area contributed by atoms with Crippen molar-refractivity contribution in [2.24, 2.45) is 0 Å². The number of rotatable bonds is 7. The van der Waals surface area contributed by atoms with Gasteiger partial charge in [-0.3, -0.25) is 0 Å². The van der Waals surface area contributed by atoms with Crippen molar-refractivity contribution in [1.29, 1.82) is 0 Å². The van der Waals surface area contributed by atoms with Crippen molar-refractivity contribution < 1.29 is 4.39 Å². The van der Waals surface area contributed by atoms with Crippen LogP contribution in [0.4, 0.5) is 10.1 Å². The van der Waals surface area contributed by atoms with Gasteiger partial charge >= 0.3 is 0 Å². The maximum Gasteiger partial charge on any atom is 0.107 e. The van der Waals surface area contributed by atoms with Crippen molar-refractivity contribution in [2.45, 2.75) is 32.1 Å². The molecule has 0 radical (unpaired) electrons. The summed E-state index contributed by atoms with van der Waals surface area (Å²) in [5.74, 6) is 0. The summed E-state index contributed by atoms with van der Waals surface area (Å²) in [6.07, 6.45) is 1.09. The van der Waals surface area contributed by atoms with E-state index in [0.717, 1.165) is 12.1 Å². The van der Waals surface area contributed by atoms with Gasteiger partial charge in [-0.15, -0.1) is 0 Å². The zero-order valence-corrected chi connectivity index (χ0v) is 14.8. The SMILES string of the molecule is CCC(C)=CSc1ccc(-c2ccc(NCCF)cc2)cc1C. The van der Waals surface area contributed by atoms with Gasteiger partial charge in [-0.1, -0.05) is 48.5 Å². The van der Waals surface area contributed by atoms with Crippen LogP contribution in [0.25, 0.3) is 11.1 Å². The van der Waals surface area contributed by atoms with Crippen LogP contribution in [0.2, 0.25) is 0 Å². The van der Waals surface area contributed by atoms with E-state index in [2.05, 4.69) is 61.8 Å². The molecule has 0 aromatic heterocycles. The molecule has 0 atom stereocenters. The molecule has 2 rings (SSSR count). The van der Waals surface area contributed by atoms with Crippen LogP contribution >= 0.6 is 11.8 Å². The van der Waals surface area contributed by atoms with Crippen molar-refractivity contribution in [3.63, 3.8) is 0 Å². The number of aryl methyl sites for hydroxylation is 1. The largest absolute Gasteiger partial charge is 0.382 e. The summed E-state index contributed by atoms with van der Waals surface area (Å²) in [7, 11) is 0. The highest BCUT2D eigenvalue weighted by atomic mass is 32.2. The molecule has 3 heteroatoms. The Morgan fingerprint density at radius 2 is 1.83 bits per heavy atom. The molecule has 0 spiro atoms. The van der Waals surface area contributed by atoms with Gasteiger partial charge < -0.3 is 5.32 Å². The van der Waals surface area contributed by atoms with Crippen molar-refractivity contribution in [1.82, 2.24) is 0 Å². The molecule has 2 aromatic carbocycles. The lowest BCUT2D eigenvalue weighted by Gasteiger charge is -2.09. The fourth-order valence-corrected chi connectivity index (χ4v) is 3.07. The molecule has 0 saturated carbocycles. The molecule has 0 aliphatic carbocycles. The lowest BCUT2D eigenvalue weighted by molar-refractivity contribution is 0.513. The zero-order valence-electron chi connectivity index (χ0n) is 14.0. The first-order valence-electron chi connectivity index (χ1n) is 7.97. The van der Waals surface area contributed by atoms with Crippen LogP contribution in [0.15, 0.2) is 58.3 Å². The average Bonchev–Trinajstić information content (AvgIpc) is 2.59. The summed E-state index contributed by atoms with van der Waals surface area (Å²) < 4.78 is 12.2. The third-order valence-corrected chi connectivity index (χ3v) is 4.99. The molecule has 1 N–H and O–H groups in total. The summed E-state index contributed by atoms with van der Waals surface area (Å²) >= 11 is 1.79. The third-order valence-electron chi connectivity index (χ3n) is 3.76. The number of nitrogens with one attached hydrogen (secondary N) is 1. The van der Waals surface area contributed by atoms with Gasteiger partial charge in [0.15, 0.2) is 0 Å². The van der Waals surface area contributed by atoms with E-state index in [1.54, 1.807) is 11.8 Å². The minimum absolute atomic E-state index is 0.355. The van der Waals surface area contributed by atoms with Crippen molar-refractivity contribution >= 4 is 17.4 Å². The number of halogens is 1. The highest BCUT2D eigenvalue weighted by Crippen LogP contribution is 2.30. The molecule has 0 bridgehead atoms. The molecule has 1 nitrogen and oxygen atoms in total. The van der Waals surface area contributed by atoms with Gasteiger partial charge in [0, 0.05) is 17.1 Å². The number of anilines is 1. The van der Waals surface area contributed by atoms with Gasteiger partial charge in [-0.05, 0) is 60.6 Å². The molecule has 0 amide bonds. The Balaban J connectivity index is 2.13. The summed E-state index contributed by atoms with van der Waals surface area (Å²) in [5, 5.41) is 5.27. The molecule has 0 aliphatic heterocycles. The quantitative estimate of drug-likeness (QED) is 0.586. The van der Waals surface area contributed by atoms with Crippen molar-refractivity contribution in [3.8, 4) is 11.1 Å². The summed E-state index contributed by atoms with van der Waals surface area (Å²) in [6, 6.07) is 14.7. The highest BCUT2D eigenvalue weighted by molar-refractivity contribution is 8.02. The summed E-state index contributed by atoms with van der Waals surface area (Å²) in [4.78, 5) is 1.29. The minimum atomic E-state index is -0.355. The van der Waals surface area contributed by atoms with Gasteiger partial charge in [0.25, 0.3) is 0 Å². The minimum Gasteiger partial charge on any atom is -0.382 e. The molecule has 23 heavy (non-hydrogen) atoms. The predicted molar refractivity (Wildman–Crippen MR) is 101 cm³/mol. The van der Waals surface area contributed by atoms with E-state index in [1.165, 1.54) is 27.2 Å². The maximum atomic E-state index is 12.2. The lowest BCUT2D eigenvalue weighted by Crippen LogP contribution is -2.02. The van der Waals surface area contributed by atoms with E-state index in [1.807, 2.05) is 12.1 Å². The topological polar surface area (TPSA) is 12.0 Å². The highest BCUT2D eigenvalue weighted by Gasteiger charge is 2.03. The van der Waals surface area contributed by atoms with Crippen molar-refractivity contribution in [3.05, 3.63) is 59.0 Å². The van der Waals surface area contributed by atoms with E-state index < -0.39 is 0 Å². The van der Waals surface area contributed by atoms with Crippen LogP contribution in [-0.4, -0.2) is 13.2 Å². The van der Waals surface area contributed by atoms with Gasteiger partial charge in [0.05, 0.1) is 0 Å². The normalized spacial score (nSPS) is 11.6. The second kappa shape index (κ2) is 8.78. The van der Waals surface area contributed by atoms with Crippen LogP contribution in [0, 0.1) is 6.92 Å². The number of hydrogen-bond donors (Lipinski definition) is 1. The van der Waals surface area contributed by atoms with E-state index in [0.29, 0.717) is 6.54 Å². The fourth-order valence-electron chi connectivity index (χ4n) is 2.18. The van der Waals surface area contributed by atoms with E-state index in [-0.39, 0.29) is 6.67 Å². The monoisotopic (exact) mass is 329 g/mol. The van der Waals surface area contributed by atoms with Crippen molar-refractivity contribution in [2.75, 3.05) is 18.5 Å². The van der Waals surface area contributed by atoms with E-state index >= 15 is 0 Å². The average molecular weight is 329 g/mol. The van der Waals surface area contributed by atoms with Gasteiger partial charge in [0.1, 0.15) is 6.67 Å². The number of alkyl halides is 1. The number of benzene rings is 2. The Morgan fingerprint density at radius 3 is 2.43 bits per heavy atom. The maximum absolute atomic E-state index is 12.2. The number of thioether (sulfide) groups is 1. The smallest absolute Gasteiger partial charge is 0.107 e. The first-order chi connectivity index (χ1) is 11.1. The van der Waals surface area contributed by atoms with E-state index in [9.17, 15) is 4.39 Å². The Bertz CT molecular complexity index is 662. The van der Waals surface area contributed by atoms with Gasteiger partial charge in [-0.25, -0.2) is 4.39 Å². The van der Waals surface area contributed by atoms with Crippen LogP contribution < -0.4 is 5.32 Å². The Morgan fingerprint density at radius 1 is 1.13 bits per heavy atom. The third kappa shape index (κ3) is 5.14. The van der Waals surface area contributed by atoms with Crippen LogP contribution in [0.1, 0.15) is 25.8 Å². The number of hydrogen-bond acceptors (Lipinski definition) is 2. The molecule has 0 saturated heterocycles.